The lowest BCUT2D eigenvalue weighted by molar-refractivity contribution is 0.346. The Kier molecular flexibility index (Phi) is 6.48. The molecule has 4 rings (SSSR count). The molecule has 0 aliphatic carbocycles. The van der Waals surface area contributed by atoms with Gasteiger partial charge >= 0.3 is 0 Å². The van der Waals surface area contributed by atoms with Crippen LogP contribution in [0.3, 0.4) is 0 Å². The lowest BCUT2D eigenvalue weighted by Crippen LogP contribution is -2.35. The van der Waals surface area contributed by atoms with Crippen molar-refractivity contribution < 1.29 is 8.42 Å². The zero-order chi connectivity index (χ0) is 21.0. The van der Waals surface area contributed by atoms with E-state index < -0.39 is 10.0 Å². The molecule has 0 bridgehead atoms. The van der Waals surface area contributed by atoms with Crippen LogP contribution in [0.2, 0.25) is 5.02 Å². The fourth-order valence-electron chi connectivity index (χ4n) is 3.22. The second-order valence-electron chi connectivity index (χ2n) is 6.95. The number of nitrogens with one attached hydrogen (secondary N) is 1. The molecule has 1 aliphatic heterocycles. The number of anilines is 1. The summed E-state index contributed by atoms with van der Waals surface area (Å²) in [5.74, 6) is 0. The van der Waals surface area contributed by atoms with Crippen LogP contribution >= 0.6 is 22.9 Å². The van der Waals surface area contributed by atoms with Gasteiger partial charge in [-0.15, -0.1) is 11.3 Å². The van der Waals surface area contributed by atoms with Gasteiger partial charge < -0.3 is 0 Å². The van der Waals surface area contributed by atoms with Crippen molar-refractivity contribution >= 4 is 44.3 Å². The van der Waals surface area contributed by atoms with E-state index in [9.17, 15) is 8.42 Å². The van der Waals surface area contributed by atoms with Crippen LogP contribution in [0, 0.1) is 0 Å². The molecule has 1 aromatic heterocycles. The molecule has 9 heteroatoms. The van der Waals surface area contributed by atoms with Gasteiger partial charge in [-0.3, -0.25) is 5.43 Å². The van der Waals surface area contributed by atoms with Crippen LogP contribution in [0.1, 0.15) is 24.8 Å². The minimum atomic E-state index is -3.42. The highest BCUT2D eigenvalue weighted by molar-refractivity contribution is 7.89. The van der Waals surface area contributed by atoms with Crippen LogP contribution in [0.5, 0.6) is 0 Å². The molecular formula is C21H21ClN4O2S2. The van der Waals surface area contributed by atoms with Crippen molar-refractivity contribution in [2.75, 3.05) is 18.5 Å². The fourth-order valence-corrected chi connectivity index (χ4v) is 5.53. The van der Waals surface area contributed by atoms with Crippen molar-refractivity contribution in [3.63, 3.8) is 0 Å². The highest BCUT2D eigenvalue weighted by atomic mass is 35.5. The summed E-state index contributed by atoms with van der Waals surface area (Å²) in [5.41, 5.74) is 5.47. The minimum Gasteiger partial charge on any atom is -0.253 e. The Morgan fingerprint density at radius 1 is 1.03 bits per heavy atom. The van der Waals surface area contributed by atoms with Crippen molar-refractivity contribution in [2.24, 2.45) is 5.10 Å². The Morgan fingerprint density at radius 2 is 1.73 bits per heavy atom. The molecule has 3 aromatic rings. The van der Waals surface area contributed by atoms with Crippen LogP contribution < -0.4 is 5.43 Å². The van der Waals surface area contributed by atoms with Gasteiger partial charge in [-0.05, 0) is 42.7 Å². The summed E-state index contributed by atoms with van der Waals surface area (Å²) in [6.07, 6.45) is 4.63. The number of halogens is 1. The van der Waals surface area contributed by atoms with Crippen molar-refractivity contribution in [3.05, 3.63) is 64.5 Å². The van der Waals surface area contributed by atoms with Gasteiger partial charge in [0.25, 0.3) is 0 Å². The molecule has 0 amide bonds. The van der Waals surface area contributed by atoms with E-state index in [0.29, 0.717) is 28.1 Å². The van der Waals surface area contributed by atoms with Crippen molar-refractivity contribution in [1.82, 2.24) is 9.29 Å². The first-order valence-electron chi connectivity index (χ1n) is 9.63. The summed E-state index contributed by atoms with van der Waals surface area (Å²) in [4.78, 5) is 4.85. The van der Waals surface area contributed by atoms with E-state index in [1.165, 1.54) is 11.3 Å². The quantitative estimate of drug-likeness (QED) is 0.411. The van der Waals surface area contributed by atoms with Gasteiger partial charge in [0.1, 0.15) is 0 Å². The summed E-state index contributed by atoms with van der Waals surface area (Å²) in [6, 6.07) is 14.3. The maximum atomic E-state index is 12.8. The predicted octanol–water partition coefficient (Wildman–Crippen LogP) is 5.08. The Balaban J connectivity index is 1.42. The number of hydrogen-bond donors (Lipinski definition) is 1. The van der Waals surface area contributed by atoms with Crippen molar-refractivity contribution in [2.45, 2.75) is 24.2 Å². The lowest BCUT2D eigenvalue weighted by Gasteiger charge is -2.25. The smallest absolute Gasteiger partial charge is 0.243 e. The molecule has 0 unspecified atom stereocenters. The maximum Gasteiger partial charge on any atom is 0.243 e. The largest absolute Gasteiger partial charge is 0.253 e. The average molecular weight is 461 g/mol. The van der Waals surface area contributed by atoms with Gasteiger partial charge in [-0.25, -0.2) is 13.4 Å². The van der Waals surface area contributed by atoms with E-state index in [-0.39, 0.29) is 0 Å². The molecule has 30 heavy (non-hydrogen) atoms. The predicted molar refractivity (Wildman–Crippen MR) is 123 cm³/mol. The Hall–Kier alpha value is -2.26. The highest BCUT2D eigenvalue weighted by Crippen LogP contribution is 2.27. The summed E-state index contributed by atoms with van der Waals surface area (Å²) in [7, 11) is -3.42. The molecule has 0 atom stereocenters. The van der Waals surface area contributed by atoms with Crippen LogP contribution in [-0.2, 0) is 10.0 Å². The third-order valence-electron chi connectivity index (χ3n) is 4.85. The van der Waals surface area contributed by atoms with Gasteiger partial charge in [0, 0.05) is 29.1 Å². The topological polar surface area (TPSA) is 74.7 Å². The first-order chi connectivity index (χ1) is 14.5. The summed E-state index contributed by atoms with van der Waals surface area (Å²) >= 11 is 7.30. The van der Waals surface area contributed by atoms with Gasteiger partial charge in [-0.1, -0.05) is 42.3 Å². The monoisotopic (exact) mass is 460 g/mol. The normalized spacial score (nSPS) is 15.5. The molecule has 156 valence electrons. The summed E-state index contributed by atoms with van der Waals surface area (Å²) in [5, 5.41) is 7.44. The third-order valence-corrected chi connectivity index (χ3v) is 7.76. The molecule has 2 heterocycles. The third kappa shape index (κ3) is 4.89. The molecule has 0 saturated carbocycles. The zero-order valence-corrected chi connectivity index (χ0v) is 18.6. The number of thiazole rings is 1. The molecule has 1 saturated heterocycles. The Bertz CT molecular complexity index is 1120. The Labute approximate surface area is 185 Å². The molecule has 1 fully saturated rings. The number of hydrazone groups is 1. The number of rotatable bonds is 6. The van der Waals surface area contributed by atoms with Gasteiger partial charge in [0.05, 0.1) is 16.8 Å². The van der Waals surface area contributed by atoms with E-state index in [4.69, 9.17) is 11.6 Å². The van der Waals surface area contributed by atoms with E-state index >= 15 is 0 Å². The molecule has 6 nitrogen and oxygen atoms in total. The zero-order valence-electron chi connectivity index (χ0n) is 16.2. The number of benzene rings is 2. The van der Waals surface area contributed by atoms with Crippen molar-refractivity contribution in [1.29, 1.82) is 0 Å². The van der Waals surface area contributed by atoms with E-state index in [2.05, 4.69) is 15.5 Å². The number of piperidine rings is 1. The van der Waals surface area contributed by atoms with Gasteiger partial charge in [-0.2, -0.15) is 9.41 Å². The van der Waals surface area contributed by atoms with E-state index in [0.717, 1.165) is 36.1 Å². The first-order valence-corrected chi connectivity index (χ1v) is 12.3. The standard InChI is InChI=1S/C21H21ClN4O2S2/c22-18-8-4-16(5-9-18)14-23-25-21-24-20(15-29-21)17-6-10-19(11-7-17)30(27,28)26-12-2-1-3-13-26/h4-11,14-15H,1-3,12-13H2,(H,24,25). The fraction of sp³-hybridized carbons (Fsp3) is 0.238. The van der Waals surface area contributed by atoms with Crippen molar-refractivity contribution in [3.8, 4) is 11.3 Å². The highest BCUT2D eigenvalue weighted by Gasteiger charge is 2.25. The number of aromatic nitrogens is 1. The average Bonchev–Trinajstić information content (AvgIpc) is 3.25. The summed E-state index contributed by atoms with van der Waals surface area (Å²) < 4.78 is 27.1. The number of hydrogen-bond acceptors (Lipinski definition) is 6. The van der Waals surface area contributed by atoms with E-state index in [1.807, 2.05) is 17.5 Å². The lowest BCUT2D eigenvalue weighted by atomic mass is 10.2. The van der Waals surface area contributed by atoms with E-state index in [1.54, 1.807) is 46.9 Å². The second kappa shape index (κ2) is 9.26. The van der Waals surface area contributed by atoms with Crippen LogP contribution in [0.25, 0.3) is 11.3 Å². The second-order valence-corrected chi connectivity index (χ2v) is 10.2. The van der Waals surface area contributed by atoms with Gasteiger partial charge in [0.2, 0.25) is 15.2 Å². The van der Waals surface area contributed by atoms with Crippen LogP contribution in [0.15, 0.2) is 63.9 Å². The number of sulfonamides is 1. The number of nitrogens with zero attached hydrogens (tertiary/aromatic N) is 3. The minimum absolute atomic E-state index is 0.328. The molecular weight excluding hydrogens is 440 g/mol. The van der Waals surface area contributed by atoms with Gasteiger partial charge in [0.15, 0.2) is 0 Å². The molecule has 0 radical (unpaired) electrons. The molecule has 1 aliphatic rings. The first kappa shape index (κ1) is 21.0. The van der Waals surface area contributed by atoms with Crippen LogP contribution in [-0.4, -0.2) is 37.0 Å². The summed E-state index contributed by atoms with van der Waals surface area (Å²) in [6.45, 7) is 1.20. The van der Waals surface area contributed by atoms with Crippen LogP contribution in [0.4, 0.5) is 5.13 Å². The maximum absolute atomic E-state index is 12.8. The molecule has 2 aromatic carbocycles. The SMILES string of the molecule is O=S(=O)(c1ccc(-c2csc(NN=Cc3ccc(Cl)cc3)n2)cc1)N1CCCCC1. The molecule has 1 N–H and O–H groups in total. The Morgan fingerprint density at radius 3 is 2.43 bits per heavy atom. The molecule has 0 spiro atoms.